The van der Waals surface area contributed by atoms with Crippen LogP contribution >= 0.6 is 23.2 Å². The van der Waals surface area contributed by atoms with E-state index in [1.165, 1.54) is 12.1 Å². The number of hydrogen-bond acceptors (Lipinski definition) is 4. The van der Waals surface area contributed by atoms with Crippen LogP contribution in [0.15, 0.2) is 52.0 Å². The van der Waals surface area contributed by atoms with Crippen LogP contribution in [0.25, 0.3) is 0 Å². The molecular weight excluding hydrogens is 485 g/mol. The van der Waals surface area contributed by atoms with E-state index in [1.807, 2.05) is 26.8 Å². The summed E-state index contributed by atoms with van der Waals surface area (Å²) < 4.78 is 26.9. The number of ether oxygens (including phenoxy) is 1. The molecule has 0 spiro atoms. The van der Waals surface area contributed by atoms with Crippen LogP contribution in [0.1, 0.15) is 41.1 Å². The first-order valence-electron chi connectivity index (χ1n) is 10.3. The minimum Gasteiger partial charge on any atom is -0.487 e. The Kier molecular flexibility index (Phi) is 8.10. The predicted octanol–water partition coefficient (Wildman–Crippen LogP) is 6.67. The molecule has 1 N–H and O–H groups in total. The van der Waals surface area contributed by atoms with Gasteiger partial charge in [-0.1, -0.05) is 43.1 Å². The third kappa shape index (κ3) is 6.10. The van der Waals surface area contributed by atoms with Gasteiger partial charge in [0.1, 0.15) is 18.1 Å². The maximum atomic E-state index is 13.5. The van der Waals surface area contributed by atoms with Crippen molar-refractivity contribution in [3.05, 3.63) is 75.0 Å². The van der Waals surface area contributed by atoms with Crippen LogP contribution in [0.4, 0.5) is 5.69 Å². The highest BCUT2D eigenvalue weighted by atomic mass is 35.5. The molecule has 3 rings (SSSR count). The Morgan fingerprint density at radius 3 is 2.42 bits per heavy atom. The molecule has 3 aromatic rings. The van der Waals surface area contributed by atoms with E-state index in [4.69, 9.17) is 37.5 Å². The molecule has 0 aliphatic rings. The minimum absolute atomic E-state index is 0.0765. The molecule has 0 saturated heterocycles. The van der Waals surface area contributed by atoms with Gasteiger partial charge in [0.05, 0.1) is 11.3 Å². The molecule has 6 nitrogen and oxygen atoms in total. The Balaban J connectivity index is 1.98. The zero-order valence-corrected chi connectivity index (χ0v) is 21.1. The summed E-state index contributed by atoms with van der Waals surface area (Å²) in [6, 6.07) is 11.4. The zero-order chi connectivity index (χ0) is 24.3. The molecule has 176 valence electrons. The quantitative estimate of drug-likeness (QED) is 0.348. The summed E-state index contributed by atoms with van der Waals surface area (Å²) in [6.07, 6.45) is 0. The highest BCUT2D eigenvalue weighted by Gasteiger charge is 2.24. The van der Waals surface area contributed by atoms with Gasteiger partial charge in [0.2, 0.25) is 5.09 Å². The molecule has 0 radical (unpaired) electrons. The summed E-state index contributed by atoms with van der Waals surface area (Å²) in [4.78, 5) is 11.2. The molecular formula is C24H25Cl2NO5S. The maximum absolute atomic E-state index is 13.5. The molecule has 0 saturated carbocycles. The van der Waals surface area contributed by atoms with Crippen LogP contribution in [-0.4, -0.2) is 21.8 Å². The van der Waals surface area contributed by atoms with E-state index in [0.29, 0.717) is 39.4 Å². The first-order chi connectivity index (χ1) is 15.6. The second kappa shape index (κ2) is 10.6. The number of carboxylic acids is 1. The Labute approximate surface area is 205 Å². The fourth-order valence-electron chi connectivity index (χ4n) is 3.11. The van der Waals surface area contributed by atoms with Gasteiger partial charge in [0.25, 0.3) is 0 Å². The molecule has 1 atom stereocenters. The lowest BCUT2D eigenvalue weighted by atomic mass is 10.1. The van der Waals surface area contributed by atoms with E-state index >= 15 is 0 Å². The molecule has 1 aromatic heterocycles. The topological polar surface area (TPSA) is 80.0 Å². The van der Waals surface area contributed by atoms with Crippen molar-refractivity contribution in [1.29, 1.82) is 0 Å². The van der Waals surface area contributed by atoms with E-state index in [2.05, 4.69) is 0 Å². The molecule has 0 bridgehead atoms. The van der Waals surface area contributed by atoms with Crippen LogP contribution in [0.5, 0.6) is 5.75 Å². The van der Waals surface area contributed by atoms with Crippen molar-refractivity contribution < 1.29 is 23.3 Å². The Morgan fingerprint density at radius 2 is 1.85 bits per heavy atom. The van der Waals surface area contributed by atoms with Crippen LogP contribution in [0.3, 0.4) is 0 Å². The molecule has 0 amide bonds. The fraction of sp³-hybridized carbons (Fsp3) is 0.292. The normalized spacial score (nSPS) is 12.1. The van der Waals surface area contributed by atoms with E-state index in [9.17, 15) is 9.00 Å². The Bertz CT molecular complexity index is 1190. The van der Waals surface area contributed by atoms with Gasteiger partial charge in [-0.05, 0) is 55.7 Å². The third-order valence-corrected chi connectivity index (χ3v) is 6.88. The number of carboxylic acid groups (broad SMARTS) is 1. The number of anilines is 1. The molecule has 0 fully saturated rings. The van der Waals surface area contributed by atoms with Gasteiger partial charge >= 0.3 is 5.97 Å². The van der Waals surface area contributed by atoms with Crippen molar-refractivity contribution in [2.45, 2.75) is 39.4 Å². The Hall–Kier alpha value is -2.48. The van der Waals surface area contributed by atoms with Gasteiger partial charge < -0.3 is 14.3 Å². The molecule has 1 unspecified atom stereocenters. The molecule has 2 aromatic carbocycles. The molecule has 9 heteroatoms. The summed E-state index contributed by atoms with van der Waals surface area (Å²) >= 11 is 12.6. The molecule has 0 aliphatic carbocycles. The highest BCUT2D eigenvalue weighted by molar-refractivity contribution is 7.86. The van der Waals surface area contributed by atoms with Gasteiger partial charge in [-0.3, -0.25) is 4.31 Å². The van der Waals surface area contributed by atoms with E-state index in [0.717, 1.165) is 5.56 Å². The monoisotopic (exact) mass is 509 g/mol. The van der Waals surface area contributed by atoms with Crippen LogP contribution in [-0.2, 0) is 17.6 Å². The number of aryl methyl sites for hydroxylation is 2. The second-order valence-electron chi connectivity index (χ2n) is 8.04. The second-order valence-corrected chi connectivity index (χ2v) is 10.2. The summed E-state index contributed by atoms with van der Waals surface area (Å²) in [7, 11) is -1.61. The van der Waals surface area contributed by atoms with Crippen molar-refractivity contribution in [3.8, 4) is 5.75 Å². The van der Waals surface area contributed by atoms with Crippen molar-refractivity contribution >= 4 is 45.8 Å². The lowest BCUT2D eigenvalue weighted by molar-refractivity contribution is 0.0697. The van der Waals surface area contributed by atoms with Gasteiger partial charge in [-0.25, -0.2) is 9.00 Å². The third-order valence-electron chi connectivity index (χ3n) is 4.81. The lowest BCUT2D eigenvalue weighted by Crippen LogP contribution is -2.30. The smallest absolute Gasteiger partial charge is 0.335 e. The fourth-order valence-corrected chi connectivity index (χ4v) is 4.86. The summed E-state index contributed by atoms with van der Waals surface area (Å²) in [5.74, 6) is 0.246. The van der Waals surface area contributed by atoms with Gasteiger partial charge in [0, 0.05) is 28.2 Å². The van der Waals surface area contributed by atoms with Crippen LogP contribution in [0.2, 0.25) is 10.0 Å². The summed E-state index contributed by atoms with van der Waals surface area (Å²) in [5.41, 5.74) is 2.12. The number of benzene rings is 2. The van der Waals surface area contributed by atoms with Gasteiger partial charge in [-0.15, -0.1) is 0 Å². The van der Waals surface area contributed by atoms with E-state index in [-0.39, 0.29) is 23.1 Å². The zero-order valence-electron chi connectivity index (χ0n) is 18.7. The standard InChI is InChI=1S/C24H25Cl2NO5S/c1-14(2)12-27(33(30)23-8-5-16(4)32-23)21-9-15(3)19(25)11-22(21)31-13-18-7-6-17(24(28)29)10-20(18)26/h5-11,14H,12-13H2,1-4H3,(H,28,29). The molecule has 33 heavy (non-hydrogen) atoms. The first kappa shape index (κ1) is 25.1. The molecule has 0 aliphatic heterocycles. The van der Waals surface area contributed by atoms with Crippen molar-refractivity contribution in [2.24, 2.45) is 5.92 Å². The summed E-state index contributed by atoms with van der Waals surface area (Å²) in [6.45, 7) is 8.29. The number of aromatic carboxylic acids is 1. The average molecular weight is 510 g/mol. The van der Waals surface area contributed by atoms with Gasteiger partial charge in [-0.2, -0.15) is 0 Å². The average Bonchev–Trinajstić information content (AvgIpc) is 3.19. The highest BCUT2D eigenvalue weighted by Crippen LogP contribution is 2.37. The number of nitrogens with zero attached hydrogens (tertiary/aromatic N) is 1. The number of hydrogen-bond donors (Lipinski definition) is 1. The van der Waals surface area contributed by atoms with E-state index in [1.54, 1.807) is 35.5 Å². The van der Waals surface area contributed by atoms with Crippen LogP contribution in [0, 0.1) is 19.8 Å². The molecule has 1 heterocycles. The van der Waals surface area contributed by atoms with Crippen molar-refractivity contribution in [1.82, 2.24) is 0 Å². The van der Waals surface area contributed by atoms with Crippen LogP contribution < -0.4 is 9.04 Å². The maximum Gasteiger partial charge on any atom is 0.335 e. The van der Waals surface area contributed by atoms with Gasteiger partial charge in [0.15, 0.2) is 11.0 Å². The number of rotatable bonds is 9. The number of halogens is 2. The first-order valence-corrected chi connectivity index (χ1v) is 12.1. The summed E-state index contributed by atoms with van der Waals surface area (Å²) in [5, 5.41) is 10.3. The number of carbonyl (C=O) groups is 1. The number of furan rings is 1. The van der Waals surface area contributed by atoms with E-state index < -0.39 is 17.0 Å². The SMILES string of the molecule is Cc1ccc(S(=O)N(CC(C)C)c2cc(C)c(Cl)cc2OCc2ccc(C(=O)O)cc2Cl)o1. The minimum atomic E-state index is -1.61. The largest absolute Gasteiger partial charge is 0.487 e. The van der Waals surface area contributed by atoms with Crippen molar-refractivity contribution in [2.75, 3.05) is 10.8 Å². The Morgan fingerprint density at radius 1 is 1.12 bits per heavy atom. The predicted molar refractivity (Wildman–Crippen MR) is 131 cm³/mol. The lowest BCUT2D eigenvalue weighted by Gasteiger charge is -2.27. The van der Waals surface area contributed by atoms with Crippen molar-refractivity contribution in [3.63, 3.8) is 0 Å².